The van der Waals surface area contributed by atoms with Crippen LogP contribution in [-0.2, 0) is 0 Å². The van der Waals surface area contributed by atoms with Gasteiger partial charge in [0, 0.05) is 18.9 Å². The molecular formula is C5H8ClFO. The number of aliphatic hydroxyl groups excluding tert-OH is 1. The highest BCUT2D eigenvalue weighted by Gasteiger charge is 2.53. The molecule has 1 aliphatic rings. The first-order chi connectivity index (χ1) is 3.67. The maximum absolute atomic E-state index is 12.3. The van der Waals surface area contributed by atoms with Gasteiger partial charge in [-0.1, -0.05) is 11.6 Å². The molecule has 0 amide bonds. The van der Waals surface area contributed by atoms with Gasteiger partial charge in [0.25, 0.3) is 0 Å². The van der Waals surface area contributed by atoms with E-state index in [1.54, 1.807) is 0 Å². The first-order valence-electron chi connectivity index (χ1n) is 2.65. The van der Waals surface area contributed by atoms with Crippen LogP contribution in [0.2, 0.25) is 0 Å². The molecule has 0 bridgehead atoms. The highest BCUT2D eigenvalue weighted by atomic mass is 35.5. The van der Waals surface area contributed by atoms with Crippen LogP contribution in [-0.4, -0.2) is 16.8 Å². The van der Waals surface area contributed by atoms with Crippen molar-refractivity contribution in [2.24, 2.45) is 5.92 Å². The van der Waals surface area contributed by atoms with Gasteiger partial charge in [0.2, 0.25) is 0 Å². The van der Waals surface area contributed by atoms with Crippen LogP contribution in [0.15, 0.2) is 0 Å². The van der Waals surface area contributed by atoms with Crippen molar-refractivity contribution in [3.8, 4) is 0 Å². The summed E-state index contributed by atoms with van der Waals surface area (Å²) in [4.78, 5) is 0. The summed E-state index contributed by atoms with van der Waals surface area (Å²) < 4.78 is 12.3. The summed E-state index contributed by atoms with van der Waals surface area (Å²) in [5.74, 6) is -0.0887. The van der Waals surface area contributed by atoms with Gasteiger partial charge in [-0.15, -0.1) is 0 Å². The van der Waals surface area contributed by atoms with E-state index in [1.807, 2.05) is 0 Å². The zero-order chi connectivity index (χ0) is 6.20. The van der Waals surface area contributed by atoms with Gasteiger partial charge in [-0.2, -0.15) is 0 Å². The van der Waals surface area contributed by atoms with Crippen molar-refractivity contribution in [1.82, 2.24) is 0 Å². The molecule has 1 aliphatic carbocycles. The van der Waals surface area contributed by atoms with E-state index in [-0.39, 0.29) is 12.5 Å². The molecule has 0 heterocycles. The Labute approximate surface area is 52.5 Å². The van der Waals surface area contributed by atoms with Gasteiger partial charge in [0.05, 0.1) is 0 Å². The van der Waals surface area contributed by atoms with Crippen molar-refractivity contribution in [2.45, 2.75) is 18.0 Å². The van der Waals surface area contributed by atoms with Crippen molar-refractivity contribution >= 4 is 11.6 Å². The second-order valence-corrected chi connectivity index (χ2v) is 2.80. The standard InChI is InChI=1S/C5H8ClFO/c6-5(7)3-4(5)1-2-8/h4,8H,1-3H2. The van der Waals surface area contributed by atoms with Crippen LogP contribution in [0.5, 0.6) is 0 Å². The van der Waals surface area contributed by atoms with Gasteiger partial charge in [0.15, 0.2) is 5.13 Å². The molecule has 0 spiro atoms. The summed E-state index contributed by atoms with van der Waals surface area (Å²) in [5, 5.41) is 6.81. The molecule has 1 rings (SSSR count). The van der Waals surface area contributed by atoms with Crippen LogP contribution in [0.25, 0.3) is 0 Å². The fourth-order valence-electron chi connectivity index (χ4n) is 0.739. The summed E-state index contributed by atoms with van der Waals surface area (Å²) in [6.07, 6.45) is 0.912. The molecule has 0 aromatic carbocycles. The smallest absolute Gasteiger partial charge is 0.187 e. The van der Waals surface area contributed by atoms with Crippen LogP contribution in [0, 0.1) is 5.92 Å². The molecule has 0 aliphatic heterocycles. The van der Waals surface area contributed by atoms with Crippen molar-refractivity contribution in [3.05, 3.63) is 0 Å². The highest BCUT2D eigenvalue weighted by molar-refractivity contribution is 6.24. The molecule has 0 aromatic heterocycles. The van der Waals surface area contributed by atoms with E-state index in [4.69, 9.17) is 16.7 Å². The van der Waals surface area contributed by atoms with Crippen molar-refractivity contribution in [3.63, 3.8) is 0 Å². The first kappa shape index (κ1) is 6.30. The minimum atomic E-state index is -1.47. The summed E-state index contributed by atoms with van der Waals surface area (Å²) in [5.41, 5.74) is 0. The molecule has 3 heteroatoms. The van der Waals surface area contributed by atoms with Gasteiger partial charge in [0.1, 0.15) is 0 Å². The minimum Gasteiger partial charge on any atom is -0.396 e. The lowest BCUT2D eigenvalue weighted by Crippen LogP contribution is -1.93. The van der Waals surface area contributed by atoms with Crippen LogP contribution >= 0.6 is 11.6 Å². The average molecular weight is 139 g/mol. The third-order valence-corrected chi connectivity index (χ3v) is 1.90. The fraction of sp³-hybridized carbons (Fsp3) is 1.00. The zero-order valence-corrected chi connectivity index (χ0v) is 5.16. The van der Waals surface area contributed by atoms with E-state index < -0.39 is 5.13 Å². The molecule has 8 heavy (non-hydrogen) atoms. The van der Waals surface area contributed by atoms with Crippen LogP contribution in [0.4, 0.5) is 4.39 Å². The second-order valence-electron chi connectivity index (χ2n) is 2.17. The van der Waals surface area contributed by atoms with Crippen molar-refractivity contribution in [2.75, 3.05) is 6.61 Å². The largest absolute Gasteiger partial charge is 0.396 e. The molecule has 0 aromatic rings. The number of hydrogen-bond acceptors (Lipinski definition) is 1. The minimum absolute atomic E-state index is 0.0447. The lowest BCUT2D eigenvalue weighted by Gasteiger charge is -1.91. The number of aliphatic hydroxyl groups is 1. The third kappa shape index (κ3) is 1.12. The van der Waals surface area contributed by atoms with Gasteiger partial charge in [-0.05, 0) is 6.42 Å². The van der Waals surface area contributed by atoms with Crippen LogP contribution in [0.3, 0.4) is 0 Å². The second kappa shape index (κ2) is 1.85. The zero-order valence-electron chi connectivity index (χ0n) is 4.40. The predicted octanol–water partition coefficient (Wildman–Crippen LogP) is 1.29. The van der Waals surface area contributed by atoms with Crippen LogP contribution < -0.4 is 0 Å². The molecule has 2 atom stereocenters. The van der Waals surface area contributed by atoms with Gasteiger partial charge in [-0.25, -0.2) is 4.39 Å². The highest BCUT2D eigenvalue weighted by Crippen LogP contribution is 2.52. The third-order valence-electron chi connectivity index (χ3n) is 1.43. The Morgan fingerprint density at radius 1 is 1.88 bits per heavy atom. The van der Waals surface area contributed by atoms with Gasteiger partial charge in [-0.3, -0.25) is 0 Å². The van der Waals surface area contributed by atoms with E-state index >= 15 is 0 Å². The molecule has 0 saturated heterocycles. The van der Waals surface area contributed by atoms with E-state index in [9.17, 15) is 4.39 Å². The molecule has 0 radical (unpaired) electrons. The number of halogens is 2. The van der Waals surface area contributed by atoms with Gasteiger partial charge >= 0.3 is 0 Å². The van der Waals surface area contributed by atoms with Gasteiger partial charge < -0.3 is 5.11 Å². The van der Waals surface area contributed by atoms with E-state index in [2.05, 4.69) is 0 Å². The molecule has 48 valence electrons. The summed E-state index contributed by atoms with van der Waals surface area (Å²) in [6, 6.07) is 0. The Balaban J connectivity index is 2.17. The molecule has 1 nitrogen and oxygen atoms in total. The SMILES string of the molecule is OCCC1CC1(F)Cl. The molecule has 1 saturated carbocycles. The predicted molar refractivity (Wildman–Crippen MR) is 29.5 cm³/mol. The maximum Gasteiger partial charge on any atom is 0.187 e. The number of alkyl halides is 2. The average Bonchev–Trinajstić information content (AvgIpc) is 2.15. The first-order valence-corrected chi connectivity index (χ1v) is 3.03. The Morgan fingerprint density at radius 2 is 2.38 bits per heavy atom. The fourth-order valence-corrected chi connectivity index (χ4v) is 1.03. The molecule has 1 N–H and O–H groups in total. The Bertz CT molecular complexity index is 94.4. The van der Waals surface area contributed by atoms with Crippen molar-refractivity contribution in [1.29, 1.82) is 0 Å². The topological polar surface area (TPSA) is 20.2 Å². The molecular weight excluding hydrogens is 131 g/mol. The van der Waals surface area contributed by atoms with E-state index in [0.717, 1.165) is 0 Å². The number of hydrogen-bond donors (Lipinski definition) is 1. The maximum atomic E-state index is 12.3. The number of rotatable bonds is 2. The monoisotopic (exact) mass is 138 g/mol. The summed E-state index contributed by atoms with van der Waals surface area (Å²) in [7, 11) is 0. The lowest BCUT2D eigenvalue weighted by molar-refractivity contribution is 0.266. The Kier molecular flexibility index (Phi) is 1.46. The molecule has 2 unspecified atom stereocenters. The Morgan fingerprint density at radius 3 is 2.50 bits per heavy atom. The van der Waals surface area contributed by atoms with E-state index in [1.165, 1.54) is 0 Å². The van der Waals surface area contributed by atoms with E-state index in [0.29, 0.717) is 12.8 Å². The van der Waals surface area contributed by atoms with Crippen molar-refractivity contribution < 1.29 is 9.50 Å². The Hall–Kier alpha value is 0.180. The molecule has 1 fully saturated rings. The quantitative estimate of drug-likeness (QED) is 0.571. The lowest BCUT2D eigenvalue weighted by atomic mass is 10.3. The summed E-state index contributed by atoms with van der Waals surface area (Å²) >= 11 is 5.21. The normalized spacial score (nSPS) is 44.6. The van der Waals surface area contributed by atoms with Crippen LogP contribution in [0.1, 0.15) is 12.8 Å². The summed E-state index contributed by atoms with van der Waals surface area (Å²) in [6.45, 7) is 0.0447.